The van der Waals surface area contributed by atoms with Crippen molar-refractivity contribution in [3.8, 4) is 0 Å². The van der Waals surface area contributed by atoms with E-state index in [0.29, 0.717) is 11.4 Å². The fourth-order valence-corrected chi connectivity index (χ4v) is 8.50. The molecule has 0 aliphatic carbocycles. The van der Waals surface area contributed by atoms with E-state index in [1.807, 2.05) is 94.7 Å². The van der Waals surface area contributed by atoms with Crippen LogP contribution in [-0.2, 0) is 10.8 Å². The fraction of sp³-hybridized carbons (Fsp3) is 0.160. The number of fused-ring (bicyclic) bond motifs is 4. The van der Waals surface area contributed by atoms with Gasteiger partial charge in [-0.25, -0.2) is 17.6 Å². The van der Waals surface area contributed by atoms with Crippen molar-refractivity contribution < 1.29 is 17.6 Å². The molecule has 0 saturated heterocycles. The summed E-state index contributed by atoms with van der Waals surface area (Å²) in [5.41, 5.74) is 10.0. The van der Waals surface area contributed by atoms with Crippen LogP contribution in [0.4, 0.5) is 68.7 Å². The van der Waals surface area contributed by atoms with Crippen molar-refractivity contribution in [1.29, 1.82) is 0 Å². The highest BCUT2D eigenvalue weighted by Gasteiger charge is 2.45. The molecule has 0 aromatic heterocycles. The maximum Gasteiger partial charge on any atom is 0.252 e. The second-order valence-electron chi connectivity index (χ2n) is 17.2. The van der Waals surface area contributed by atoms with Crippen molar-refractivity contribution in [3.05, 3.63) is 180 Å². The van der Waals surface area contributed by atoms with Gasteiger partial charge < -0.3 is 14.7 Å². The Kier molecular flexibility index (Phi) is 8.80. The summed E-state index contributed by atoms with van der Waals surface area (Å²) < 4.78 is 62.3. The number of nitrogens with zero attached hydrogens (tertiary/aromatic N) is 3. The van der Waals surface area contributed by atoms with Crippen molar-refractivity contribution in [2.24, 2.45) is 0 Å². The summed E-state index contributed by atoms with van der Waals surface area (Å²) in [5, 5.41) is 0. The summed E-state index contributed by atoms with van der Waals surface area (Å²) >= 11 is 0. The van der Waals surface area contributed by atoms with Crippen LogP contribution in [0.1, 0.15) is 52.7 Å². The van der Waals surface area contributed by atoms with Crippen molar-refractivity contribution in [3.63, 3.8) is 0 Å². The van der Waals surface area contributed by atoms with E-state index in [-0.39, 0.29) is 28.9 Å². The van der Waals surface area contributed by atoms with Gasteiger partial charge in [0.2, 0.25) is 0 Å². The Morgan fingerprint density at radius 1 is 0.414 bits per heavy atom. The molecule has 0 N–H and O–H groups in total. The molecule has 0 bridgehead atoms. The highest BCUT2D eigenvalue weighted by molar-refractivity contribution is 7.00. The number of hydrogen-bond donors (Lipinski definition) is 0. The molecule has 8 heteroatoms. The summed E-state index contributed by atoms with van der Waals surface area (Å²) in [5.74, 6) is -2.81. The topological polar surface area (TPSA) is 9.72 Å². The molecule has 7 aromatic carbocycles. The van der Waals surface area contributed by atoms with Crippen LogP contribution in [0.25, 0.3) is 0 Å². The van der Waals surface area contributed by atoms with Crippen LogP contribution >= 0.6 is 0 Å². The van der Waals surface area contributed by atoms with Gasteiger partial charge in [0.1, 0.15) is 23.3 Å². The van der Waals surface area contributed by atoms with Gasteiger partial charge in [-0.3, -0.25) is 0 Å². The van der Waals surface area contributed by atoms with E-state index in [9.17, 15) is 8.78 Å². The minimum atomic E-state index is -0.723. The first-order valence-electron chi connectivity index (χ1n) is 19.6. The van der Waals surface area contributed by atoms with Gasteiger partial charge in [0.15, 0.2) is 0 Å². The average Bonchev–Trinajstić information content (AvgIpc) is 3.18. The molecule has 288 valence electrons. The lowest BCUT2D eigenvalue weighted by molar-refractivity contribution is 0.583. The molecule has 7 aromatic rings. The molecule has 0 amide bonds. The Labute approximate surface area is 337 Å². The molecule has 58 heavy (non-hydrogen) atoms. The number of anilines is 9. The molecule has 2 aliphatic rings. The highest BCUT2D eigenvalue weighted by Crippen LogP contribution is 2.49. The van der Waals surface area contributed by atoms with Crippen LogP contribution in [0.2, 0.25) is 0 Å². The van der Waals surface area contributed by atoms with Gasteiger partial charge in [0.05, 0.1) is 17.1 Å². The van der Waals surface area contributed by atoms with E-state index in [4.69, 9.17) is 0 Å². The summed E-state index contributed by atoms with van der Waals surface area (Å²) in [4.78, 5) is 5.86. The zero-order valence-corrected chi connectivity index (χ0v) is 33.3. The Bertz CT molecular complexity index is 2540. The first kappa shape index (κ1) is 37.3. The third-order valence-corrected chi connectivity index (χ3v) is 11.4. The molecule has 0 atom stereocenters. The normalized spacial score (nSPS) is 13.2. The maximum atomic E-state index is 16.4. The third kappa shape index (κ3) is 6.22. The second kappa shape index (κ2) is 13.7. The number of rotatable bonds is 5. The molecule has 3 nitrogen and oxygen atoms in total. The lowest BCUT2D eigenvalue weighted by Crippen LogP contribution is -2.61. The van der Waals surface area contributed by atoms with Gasteiger partial charge in [0.25, 0.3) is 6.71 Å². The van der Waals surface area contributed by atoms with Gasteiger partial charge in [-0.05, 0) is 111 Å². The lowest BCUT2D eigenvalue weighted by Gasteiger charge is -2.45. The number of halogens is 4. The van der Waals surface area contributed by atoms with Crippen molar-refractivity contribution >= 4 is 74.3 Å². The van der Waals surface area contributed by atoms with Crippen LogP contribution in [0.3, 0.4) is 0 Å². The maximum absolute atomic E-state index is 16.4. The Balaban J connectivity index is 1.46. The summed E-state index contributed by atoms with van der Waals surface area (Å²) in [6.07, 6.45) is 0. The molecule has 0 fully saturated rings. The van der Waals surface area contributed by atoms with Crippen molar-refractivity contribution in [2.75, 3.05) is 14.7 Å². The quantitative estimate of drug-likeness (QED) is 0.127. The number of hydrogen-bond acceptors (Lipinski definition) is 3. The summed E-state index contributed by atoms with van der Waals surface area (Å²) in [6.45, 7) is 12.6. The van der Waals surface area contributed by atoms with Crippen LogP contribution in [0.15, 0.2) is 146 Å². The second-order valence-corrected chi connectivity index (χ2v) is 17.2. The van der Waals surface area contributed by atoms with Gasteiger partial charge >= 0.3 is 0 Å². The molecule has 9 rings (SSSR count). The minimum absolute atomic E-state index is 0.170. The van der Waals surface area contributed by atoms with Gasteiger partial charge in [-0.15, -0.1) is 0 Å². The van der Waals surface area contributed by atoms with E-state index in [1.165, 1.54) is 24.3 Å². The Hall–Kier alpha value is -6.28. The lowest BCUT2D eigenvalue weighted by atomic mass is 9.33. The molecular weight excluding hydrogens is 729 g/mol. The van der Waals surface area contributed by atoms with E-state index in [1.54, 1.807) is 0 Å². The first-order valence-corrected chi connectivity index (χ1v) is 19.6. The number of benzene rings is 7. The highest BCUT2D eigenvalue weighted by atomic mass is 19.1. The molecule has 2 aliphatic heterocycles. The Morgan fingerprint density at radius 2 is 0.810 bits per heavy atom. The first-order chi connectivity index (χ1) is 27.7. The van der Waals surface area contributed by atoms with Crippen molar-refractivity contribution in [1.82, 2.24) is 0 Å². The summed E-state index contributed by atoms with van der Waals surface area (Å²) in [6, 6.07) is 43.9. The van der Waals surface area contributed by atoms with Gasteiger partial charge in [-0.2, -0.15) is 0 Å². The molecule has 0 saturated carbocycles. The predicted octanol–water partition coefficient (Wildman–Crippen LogP) is 12.4. The zero-order chi connectivity index (χ0) is 40.7. The fourth-order valence-electron chi connectivity index (χ4n) is 8.50. The standard InChI is InChI=1S/C50H42BF4N3/c1-49(2,3)31-17-21-42-38(25-31)51-39-26-32(50(4,5)6)18-22-43(39)58(45-24-20-34(53)28-41(45)55)47-30-37(56(35-13-9-7-10-14-35)36-15-11-8-12-16-36)29-46(48(47)51)57(42)44-23-19-33(52)27-40(44)54/h7-30H,1-6H3. The van der Waals surface area contributed by atoms with Crippen molar-refractivity contribution in [2.45, 2.75) is 52.4 Å². The van der Waals surface area contributed by atoms with E-state index >= 15 is 8.78 Å². The predicted molar refractivity (Wildman–Crippen MR) is 232 cm³/mol. The third-order valence-electron chi connectivity index (χ3n) is 11.4. The average molecular weight is 772 g/mol. The smallest absolute Gasteiger partial charge is 0.252 e. The molecule has 2 heterocycles. The molecular formula is C50H42BF4N3. The Morgan fingerprint density at radius 3 is 1.19 bits per heavy atom. The largest absolute Gasteiger partial charge is 0.310 e. The van der Waals surface area contributed by atoms with E-state index < -0.39 is 23.3 Å². The van der Waals surface area contributed by atoms with Crippen LogP contribution in [0, 0.1) is 23.3 Å². The van der Waals surface area contributed by atoms with Crippen LogP contribution < -0.4 is 31.1 Å². The molecule has 0 radical (unpaired) electrons. The van der Waals surface area contributed by atoms with Crippen LogP contribution in [-0.4, -0.2) is 6.71 Å². The monoisotopic (exact) mass is 771 g/mol. The number of para-hydroxylation sites is 2. The van der Waals surface area contributed by atoms with E-state index in [0.717, 1.165) is 68.1 Å². The van der Waals surface area contributed by atoms with Gasteiger partial charge in [0, 0.05) is 46.3 Å². The molecule has 0 unspecified atom stereocenters. The van der Waals surface area contributed by atoms with Crippen LogP contribution in [0.5, 0.6) is 0 Å². The van der Waals surface area contributed by atoms with E-state index in [2.05, 4.69) is 70.7 Å². The van der Waals surface area contributed by atoms with Gasteiger partial charge in [-0.1, -0.05) is 102 Å². The molecule has 0 spiro atoms. The zero-order valence-electron chi connectivity index (χ0n) is 33.3. The summed E-state index contributed by atoms with van der Waals surface area (Å²) in [7, 11) is 0. The minimum Gasteiger partial charge on any atom is -0.310 e. The SMILES string of the molecule is CC(C)(C)c1ccc2c(c1)B1c3cc(C(C)(C)C)ccc3N(c3ccc(F)cc3F)c3cc(N(c4ccccc4)c4ccccc4)cc(c31)N2c1ccc(F)cc1F.